The second kappa shape index (κ2) is 33.0. The lowest BCUT2D eigenvalue weighted by Crippen LogP contribution is -2.22. The smallest absolute Gasteiger partial charge is 0.168 e. The van der Waals surface area contributed by atoms with Crippen molar-refractivity contribution in [1.29, 1.82) is 0 Å². The average molecular weight is 1520 g/mol. The van der Waals surface area contributed by atoms with Gasteiger partial charge in [0.2, 0.25) is 0 Å². The molecule has 0 aliphatic heterocycles. The summed E-state index contributed by atoms with van der Waals surface area (Å²) in [6.07, 6.45) is 67.0. The van der Waals surface area contributed by atoms with Gasteiger partial charge >= 0.3 is 0 Å². The summed E-state index contributed by atoms with van der Waals surface area (Å²) in [4.78, 5) is 34.7. The van der Waals surface area contributed by atoms with E-state index < -0.39 is 0 Å². The molecule has 0 aromatic carbocycles. The monoisotopic (exact) mass is 1520 g/mol. The number of rotatable bonds is 15. The third-order valence-electron chi connectivity index (χ3n) is 30.7. The number of nitrogens with zero attached hydrogens (tertiary/aromatic N) is 10. The van der Waals surface area contributed by atoms with Gasteiger partial charge in [0, 0.05) is 64.7 Å². The highest BCUT2D eigenvalue weighted by molar-refractivity contribution is 6.06. The van der Waals surface area contributed by atoms with Crippen LogP contribution in [0.15, 0.2) is 124 Å². The Bertz CT molecular complexity index is 4410. The Hall–Kier alpha value is -6.98. The van der Waals surface area contributed by atoms with Crippen LogP contribution in [0, 0.1) is 88.8 Å². The van der Waals surface area contributed by atoms with E-state index in [0.717, 1.165) is 92.8 Å². The molecule has 10 aromatic heterocycles. The van der Waals surface area contributed by atoms with Crippen LogP contribution in [0.1, 0.15) is 344 Å². The molecule has 4 N–H and O–H groups in total. The summed E-state index contributed by atoms with van der Waals surface area (Å²) in [5, 5.41) is 44.7. The van der Waals surface area contributed by atoms with Crippen LogP contribution in [0.25, 0.3) is 27.6 Å². The van der Waals surface area contributed by atoms with Crippen LogP contribution in [-0.4, -0.2) is 81.0 Å². The highest BCUT2D eigenvalue weighted by atomic mass is 16.3. The Morgan fingerprint density at radius 1 is 0.312 bits per heavy atom. The molecule has 2 radical (unpaired) electrons. The van der Waals surface area contributed by atoms with Crippen molar-refractivity contribution in [3.8, 4) is 0 Å². The Morgan fingerprint density at radius 3 is 0.777 bits per heavy atom. The number of ketones is 1. The molecule has 15 nitrogen and oxygen atoms in total. The molecule has 16 heteroatoms. The van der Waals surface area contributed by atoms with E-state index in [2.05, 4.69) is 112 Å². The molecular formula is C96H131BN10O5. The summed E-state index contributed by atoms with van der Waals surface area (Å²) < 4.78 is 10.3. The lowest BCUT2D eigenvalue weighted by molar-refractivity contribution is 0.0745. The molecule has 10 bridgehead atoms. The van der Waals surface area contributed by atoms with E-state index in [1.165, 1.54) is 243 Å². The van der Waals surface area contributed by atoms with E-state index in [9.17, 15) is 25.2 Å². The molecule has 15 aliphatic rings. The van der Waals surface area contributed by atoms with E-state index in [-0.39, 0.29) is 67.5 Å². The predicted octanol–water partition coefficient (Wildman–Crippen LogP) is 21.9. The second-order valence-corrected chi connectivity index (χ2v) is 37.0. The molecule has 15 aliphatic carbocycles. The first kappa shape index (κ1) is 80.2. The lowest BCUT2D eigenvalue weighted by atomic mass is 9.80. The van der Waals surface area contributed by atoms with Gasteiger partial charge in [0.25, 0.3) is 0 Å². The molecule has 598 valence electrons. The predicted molar refractivity (Wildman–Crippen MR) is 450 cm³/mol. The maximum Gasteiger partial charge on any atom is 0.168 e. The quantitative estimate of drug-likeness (QED) is 0.0569. The fraction of sp³-hybridized carbons (Fsp3) is 0.625. The van der Waals surface area contributed by atoms with Gasteiger partial charge in [-0.05, 0) is 331 Å². The van der Waals surface area contributed by atoms with Gasteiger partial charge in [-0.1, -0.05) is 76.1 Å². The summed E-state index contributed by atoms with van der Waals surface area (Å²) in [5.74, 6) is 13.9. The van der Waals surface area contributed by atoms with E-state index >= 15 is 0 Å². The molecule has 0 saturated heterocycles. The Kier molecular flexibility index (Phi) is 23.6. The third kappa shape index (κ3) is 14.9. The molecule has 25 rings (SSSR count). The molecule has 10 heterocycles. The van der Waals surface area contributed by atoms with Crippen LogP contribution < -0.4 is 0 Å². The van der Waals surface area contributed by atoms with Gasteiger partial charge in [-0.2, -0.15) is 0 Å². The average Bonchev–Trinajstić information content (AvgIpc) is 1.61. The highest BCUT2D eigenvalue weighted by Gasteiger charge is 2.50. The standard InChI is InChI=1S/4C18H22N2O.C18H20N2O.CH3B.5CH4/c5*21-18(15-8-11-1-2-13(15)7-11)17-14(12-3-4-12)5-6-20-10-19-9-16(17)20;1-2;;;;;/h4*5-6,9-13,15,18,21H,1-4,7-8H2;5-6,9-13,15H,1-4,7-8H2;1H3;5*1H4/t3*11?,13?,15?,18-;;;;;;;;/m000......../s1. The largest absolute Gasteiger partial charge is 0.388 e. The topological polar surface area (TPSA) is 184 Å². The first-order valence-electron chi connectivity index (χ1n) is 42.6. The van der Waals surface area contributed by atoms with E-state index in [1.54, 1.807) is 0 Å². The zero-order valence-corrected chi connectivity index (χ0v) is 62.9. The van der Waals surface area contributed by atoms with Gasteiger partial charge in [0.05, 0.1) is 122 Å². The van der Waals surface area contributed by atoms with E-state index in [4.69, 9.17) is 0 Å². The van der Waals surface area contributed by atoms with Crippen LogP contribution in [0.5, 0.6) is 0 Å². The highest BCUT2D eigenvalue weighted by Crippen LogP contribution is 2.60. The van der Waals surface area contributed by atoms with Crippen LogP contribution >= 0.6 is 0 Å². The van der Waals surface area contributed by atoms with Crippen molar-refractivity contribution in [3.63, 3.8) is 0 Å². The number of aromatic nitrogens is 10. The van der Waals surface area contributed by atoms with Crippen molar-refractivity contribution in [1.82, 2.24) is 46.9 Å². The van der Waals surface area contributed by atoms with Crippen molar-refractivity contribution in [3.05, 3.63) is 180 Å². The maximum atomic E-state index is 13.3. The number of hydrogen-bond acceptors (Lipinski definition) is 10. The molecule has 10 aromatic rings. The Morgan fingerprint density at radius 2 is 0.545 bits per heavy atom. The van der Waals surface area contributed by atoms with Crippen molar-refractivity contribution in [2.75, 3.05) is 0 Å². The normalized spacial score (nSPS) is 30.6. The number of hydrogen-bond donors (Lipinski definition) is 4. The number of pyridine rings is 5. The molecule has 112 heavy (non-hydrogen) atoms. The number of aliphatic hydroxyl groups excluding tert-OH is 4. The van der Waals surface area contributed by atoms with Gasteiger partial charge < -0.3 is 42.4 Å². The minimum absolute atomic E-state index is 0. The van der Waals surface area contributed by atoms with Crippen LogP contribution in [0.4, 0.5) is 0 Å². The minimum Gasteiger partial charge on any atom is -0.388 e. The molecule has 15 fully saturated rings. The summed E-state index contributed by atoms with van der Waals surface area (Å²) in [7, 11) is 4.50. The van der Waals surface area contributed by atoms with Crippen molar-refractivity contribution < 1.29 is 25.2 Å². The van der Waals surface area contributed by atoms with Gasteiger partial charge in [0.15, 0.2) is 5.78 Å². The number of Topliss-reactive ketones (excluding diaryl/α,β-unsaturated/α-hetero) is 1. The summed E-state index contributed by atoms with van der Waals surface area (Å²) in [6.45, 7) is 1.50. The molecule has 0 amide bonds. The van der Waals surface area contributed by atoms with Crippen molar-refractivity contribution >= 4 is 41.2 Å². The summed E-state index contributed by atoms with van der Waals surface area (Å²) >= 11 is 0. The fourth-order valence-electron chi connectivity index (χ4n) is 24.8. The second-order valence-electron chi connectivity index (χ2n) is 37.0. The van der Waals surface area contributed by atoms with Gasteiger partial charge in [-0.3, -0.25) is 4.79 Å². The number of fused-ring (bicyclic) bond motifs is 15. The zero-order chi connectivity index (χ0) is 71.9. The Balaban J connectivity index is 0.000000109. The van der Waals surface area contributed by atoms with E-state index in [0.29, 0.717) is 65.0 Å². The summed E-state index contributed by atoms with van der Waals surface area (Å²) in [6, 6.07) is 11.0. The molecule has 16 unspecified atom stereocenters. The number of imidazole rings is 5. The number of carbonyl (C=O) groups is 1. The molecule has 19 atom stereocenters. The lowest BCUT2D eigenvalue weighted by Gasteiger charge is -2.29. The molecular weight excluding hydrogens is 1380 g/mol. The maximum absolute atomic E-state index is 13.3. The number of carbonyl (C=O) groups excluding carboxylic acids is 1. The van der Waals surface area contributed by atoms with Gasteiger partial charge in [0.1, 0.15) is 0 Å². The van der Waals surface area contributed by atoms with Crippen LogP contribution in [0.2, 0.25) is 6.82 Å². The number of aliphatic hydroxyl groups is 4. The Labute approximate surface area is 668 Å². The van der Waals surface area contributed by atoms with Crippen molar-refractivity contribution in [2.24, 2.45) is 88.8 Å². The SMILES string of the molecule is C.C.C.C.C.O=C(c1c(C2CC2)ccn2cncc12)C1CC2CCC1C2.OC(c1c(C2CC2)ccn2cncc12)C1CC2CCC1C2.O[C@H](c1c(C2CC2)ccn2cncc12)C1CC2CCC1C2.O[C@H](c1c(C2CC2)ccn2cncc12)C1CC2CCC1C2.O[C@H](c1c(C2CC2)ccn2cncc12)C1CC2CCC1C2.[B]C. The zero-order valence-electron chi connectivity index (χ0n) is 62.9. The van der Waals surface area contributed by atoms with E-state index in [1.807, 2.05) is 67.0 Å². The first-order valence-corrected chi connectivity index (χ1v) is 42.6. The third-order valence-corrected chi connectivity index (χ3v) is 30.7. The van der Waals surface area contributed by atoms with Gasteiger partial charge in [-0.15, -0.1) is 0 Å². The minimum atomic E-state index is -0.295. The molecule has 0 spiro atoms. The van der Waals surface area contributed by atoms with Gasteiger partial charge in [-0.25, -0.2) is 24.9 Å². The summed E-state index contributed by atoms with van der Waals surface area (Å²) in [5.41, 5.74) is 18.1. The van der Waals surface area contributed by atoms with Crippen LogP contribution in [0.3, 0.4) is 0 Å². The molecule has 15 saturated carbocycles. The first-order chi connectivity index (χ1) is 52.5. The van der Waals surface area contributed by atoms with Crippen molar-refractivity contribution in [2.45, 2.75) is 291 Å². The van der Waals surface area contributed by atoms with Crippen LogP contribution in [-0.2, 0) is 0 Å². The fourth-order valence-corrected chi connectivity index (χ4v) is 24.8.